The summed E-state index contributed by atoms with van der Waals surface area (Å²) in [6, 6.07) is 11.1. The van der Waals surface area contributed by atoms with Crippen molar-refractivity contribution in [3.05, 3.63) is 65.2 Å². The lowest BCUT2D eigenvalue weighted by atomic mass is 10.0. The quantitative estimate of drug-likeness (QED) is 0.498. The molecule has 3 aromatic rings. The number of benzene rings is 2. The van der Waals surface area contributed by atoms with Crippen LogP contribution < -0.4 is 9.46 Å². The van der Waals surface area contributed by atoms with Gasteiger partial charge in [-0.05, 0) is 37.7 Å². The first-order valence-corrected chi connectivity index (χ1v) is 13.2. The minimum atomic E-state index is -4.93. The second-order valence-corrected chi connectivity index (χ2v) is 10.9. The number of aromatic nitrogens is 2. The summed E-state index contributed by atoms with van der Waals surface area (Å²) in [7, 11) is -2.53. The summed E-state index contributed by atoms with van der Waals surface area (Å²) in [4.78, 5) is 24.4. The highest BCUT2D eigenvalue weighted by atomic mass is 32.2. The number of nitrogens with zero attached hydrogens (tertiary/aromatic N) is 4. The molecule has 0 spiro atoms. The number of hydrogen-bond donors (Lipinski definition) is 1. The molecule has 0 aliphatic carbocycles. The average Bonchev–Trinajstić information content (AvgIpc) is 2.86. The molecule has 38 heavy (non-hydrogen) atoms. The second kappa shape index (κ2) is 9.55. The van der Waals surface area contributed by atoms with Crippen molar-refractivity contribution in [2.24, 2.45) is 0 Å². The molecule has 4 bridgehead atoms. The van der Waals surface area contributed by atoms with Crippen LogP contribution in [-0.4, -0.2) is 73.4 Å². The van der Waals surface area contributed by atoms with Gasteiger partial charge in [-0.15, -0.1) is 0 Å². The summed E-state index contributed by atoms with van der Waals surface area (Å²) in [5.74, 6) is -1.85. The Morgan fingerprint density at radius 2 is 1.84 bits per heavy atom. The lowest BCUT2D eigenvalue weighted by Crippen LogP contribution is -2.56. The van der Waals surface area contributed by atoms with E-state index in [4.69, 9.17) is 4.74 Å². The van der Waals surface area contributed by atoms with Crippen LogP contribution in [-0.2, 0) is 16.2 Å². The highest BCUT2D eigenvalue weighted by molar-refractivity contribution is 7.92. The first-order valence-electron chi connectivity index (χ1n) is 11.7. The molecule has 2 aliphatic heterocycles. The predicted octanol–water partition coefficient (Wildman–Crippen LogP) is 3.42. The van der Waals surface area contributed by atoms with Crippen LogP contribution in [0, 0.1) is 6.92 Å². The third-order valence-electron chi connectivity index (χ3n) is 6.54. The maximum absolute atomic E-state index is 14.5. The molecule has 1 N–H and O–H groups in total. The molecule has 1 amide bonds. The van der Waals surface area contributed by atoms with E-state index >= 15 is 0 Å². The molecular formula is C25H24F3N5O4S. The van der Waals surface area contributed by atoms with Crippen LogP contribution in [0.25, 0.3) is 11.3 Å². The summed E-state index contributed by atoms with van der Waals surface area (Å²) < 4.78 is 77.7. The molecular weight excluding hydrogens is 523 g/mol. The van der Waals surface area contributed by atoms with Gasteiger partial charge in [0.05, 0.1) is 16.6 Å². The highest BCUT2D eigenvalue weighted by Gasteiger charge is 2.41. The van der Waals surface area contributed by atoms with Crippen LogP contribution in [0.5, 0.6) is 5.88 Å². The number of rotatable bonds is 1. The number of aryl methyl sites for hydroxylation is 1. The number of piperazine rings is 1. The third kappa shape index (κ3) is 4.90. The molecule has 1 saturated heterocycles. The zero-order valence-corrected chi connectivity index (χ0v) is 21.3. The van der Waals surface area contributed by atoms with Gasteiger partial charge in [-0.2, -0.15) is 18.2 Å². The number of amides is 1. The normalized spacial score (nSPS) is 19.8. The number of carbonyl (C=O) groups is 1. The number of ether oxygens (including phenoxy) is 1. The largest absolute Gasteiger partial charge is 0.475 e. The van der Waals surface area contributed by atoms with Crippen molar-refractivity contribution in [1.82, 2.24) is 19.8 Å². The fraction of sp³-hybridized carbons (Fsp3) is 0.320. The summed E-state index contributed by atoms with van der Waals surface area (Å²) in [6.45, 7) is 2.48. The number of anilines is 1. The van der Waals surface area contributed by atoms with Crippen molar-refractivity contribution < 1.29 is 31.1 Å². The molecule has 200 valence electrons. The Labute approximate surface area is 217 Å². The Hall–Kier alpha value is -3.71. The van der Waals surface area contributed by atoms with E-state index in [1.165, 1.54) is 35.2 Å². The van der Waals surface area contributed by atoms with Crippen LogP contribution in [0.2, 0.25) is 0 Å². The van der Waals surface area contributed by atoms with E-state index in [1.54, 1.807) is 25.1 Å². The number of sulfonamides is 1. The van der Waals surface area contributed by atoms with Gasteiger partial charge in [0.15, 0.2) is 0 Å². The maximum atomic E-state index is 14.5. The second-order valence-electron chi connectivity index (χ2n) is 9.25. The van der Waals surface area contributed by atoms with E-state index in [0.717, 1.165) is 0 Å². The van der Waals surface area contributed by atoms with Crippen molar-refractivity contribution in [2.75, 3.05) is 38.0 Å². The van der Waals surface area contributed by atoms with Gasteiger partial charge >= 0.3 is 6.18 Å². The van der Waals surface area contributed by atoms with E-state index in [1.807, 2.05) is 11.9 Å². The van der Waals surface area contributed by atoms with E-state index in [0.29, 0.717) is 18.7 Å². The van der Waals surface area contributed by atoms with Gasteiger partial charge in [-0.25, -0.2) is 18.1 Å². The van der Waals surface area contributed by atoms with Crippen LogP contribution in [0.3, 0.4) is 0 Å². The molecule has 0 radical (unpaired) electrons. The number of fused-ring (bicyclic) bond motifs is 5. The summed E-state index contributed by atoms with van der Waals surface area (Å²) in [5.41, 5.74) is -0.977. The molecule has 0 saturated carbocycles. The van der Waals surface area contributed by atoms with Gasteiger partial charge in [0.25, 0.3) is 15.9 Å². The average molecular weight is 548 g/mol. The zero-order valence-electron chi connectivity index (χ0n) is 20.5. The molecule has 1 aromatic heterocycles. The summed E-state index contributed by atoms with van der Waals surface area (Å²) in [6.07, 6.45) is -4.93. The van der Waals surface area contributed by atoms with Gasteiger partial charge in [-0.1, -0.05) is 30.3 Å². The monoisotopic (exact) mass is 547 g/mol. The van der Waals surface area contributed by atoms with E-state index < -0.39 is 51.2 Å². The Kier molecular flexibility index (Phi) is 6.51. The fourth-order valence-corrected chi connectivity index (χ4v) is 5.61. The molecule has 9 nitrogen and oxygen atoms in total. The molecule has 1 unspecified atom stereocenters. The molecule has 3 heterocycles. The van der Waals surface area contributed by atoms with Crippen molar-refractivity contribution in [3.63, 3.8) is 0 Å². The first kappa shape index (κ1) is 25.9. The number of halogens is 3. The summed E-state index contributed by atoms with van der Waals surface area (Å²) in [5, 5.41) is 0. The number of nitrogens with one attached hydrogen (secondary N) is 1. The van der Waals surface area contributed by atoms with Crippen molar-refractivity contribution in [3.8, 4) is 17.1 Å². The SMILES string of the molecule is Cc1ccccc1-c1nc2nc(c1C(F)(F)F)OCC1CN(C)CCN1C(=O)c1cccc(c1)S(=O)(=O)N2. The van der Waals surface area contributed by atoms with Crippen molar-refractivity contribution in [1.29, 1.82) is 0 Å². The van der Waals surface area contributed by atoms with Crippen molar-refractivity contribution in [2.45, 2.75) is 24.0 Å². The standard InChI is InChI=1S/C25H24F3N5O4S/c1-15-6-3-4-9-19(15)21-20(25(26,27)28)22-30-24(29-21)31-38(35,36)18-8-5-7-16(12-18)23(34)33-11-10-32(2)13-17(33)14-37-22/h3-9,12,17H,10-11,13-14H2,1-2H3,(H,29,30,31). The number of carbonyl (C=O) groups excluding carboxylic acids is 1. The third-order valence-corrected chi connectivity index (χ3v) is 7.86. The van der Waals surface area contributed by atoms with E-state index in [-0.39, 0.29) is 29.2 Å². The molecule has 1 atom stereocenters. The zero-order chi connectivity index (χ0) is 27.2. The first-order chi connectivity index (χ1) is 17.9. The molecule has 13 heteroatoms. The van der Waals surface area contributed by atoms with Gasteiger partial charge < -0.3 is 14.5 Å². The maximum Gasteiger partial charge on any atom is 0.423 e. The predicted molar refractivity (Wildman–Crippen MR) is 132 cm³/mol. The number of alkyl halides is 3. The van der Waals surface area contributed by atoms with Crippen LogP contribution in [0.4, 0.5) is 19.1 Å². The Morgan fingerprint density at radius 3 is 2.58 bits per heavy atom. The number of hydrogen-bond acceptors (Lipinski definition) is 7. The molecule has 2 aromatic carbocycles. The fourth-order valence-electron chi connectivity index (χ4n) is 4.62. The minimum Gasteiger partial charge on any atom is -0.475 e. The van der Waals surface area contributed by atoms with Gasteiger partial charge in [0.1, 0.15) is 12.2 Å². The Morgan fingerprint density at radius 1 is 1.08 bits per heavy atom. The lowest BCUT2D eigenvalue weighted by Gasteiger charge is -2.39. The molecule has 2 aliphatic rings. The smallest absolute Gasteiger partial charge is 0.423 e. The van der Waals surface area contributed by atoms with Crippen LogP contribution >= 0.6 is 0 Å². The Bertz CT molecular complexity index is 1510. The van der Waals surface area contributed by atoms with Crippen LogP contribution in [0.15, 0.2) is 53.4 Å². The minimum absolute atomic E-state index is 0.130. The van der Waals surface area contributed by atoms with Crippen molar-refractivity contribution >= 4 is 21.9 Å². The summed E-state index contributed by atoms with van der Waals surface area (Å²) >= 11 is 0. The van der Waals surface area contributed by atoms with E-state index in [9.17, 15) is 26.4 Å². The van der Waals surface area contributed by atoms with Gasteiger partial charge in [0.2, 0.25) is 11.8 Å². The molecule has 5 rings (SSSR count). The number of likely N-dealkylation sites (N-methyl/N-ethyl adjacent to an activating group) is 1. The van der Waals surface area contributed by atoms with E-state index in [2.05, 4.69) is 14.7 Å². The van der Waals surface area contributed by atoms with Gasteiger partial charge in [-0.3, -0.25) is 4.79 Å². The molecule has 1 fully saturated rings. The lowest BCUT2D eigenvalue weighted by molar-refractivity contribution is -0.139. The Balaban J connectivity index is 1.75. The topological polar surface area (TPSA) is 105 Å². The highest BCUT2D eigenvalue weighted by Crippen LogP contribution is 2.43. The van der Waals surface area contributed by atoms with Crippen LogP contribution in [0.1, 0.15) is 21.5 Å². The van der Waals surface area contributed by atoms with Gasteiger partial charge in [0, 0.05) is 30.8 Å².